The Morgan fingerprint density at radius 1 is 0.646 bits per heavy atom. The molecule has 0 aliphatic heterocycles. The molecule has 0 unspecified atom stereocenters. The van der Waals surface area contributed by atoms with Crippen LogP contribution in [0.3, 0.4) is 0 Å². The van der Waals surface area contributed by atoms with E-state index in [9.17, 15) is 0 Å². The molecule has 0 saturated heterocycles. The van der Waals surface area contributed by atoms with Crippen molar-refractivity contribution >= 4 is 0 Å². The second kappa shape index (κ2) is 13.7. The summed E-state index contributed by atoms with van der Waals surface area (Å²) in [6.45, 7) is 5.08. The molecule has 244 valence electrons. The zero-order chi connectivity index (χ0) is 32.9. The molecule has 0 saturated carbocycles. The van der Waals surface area contributed by atoms with Gasteiger partial charge in [0.1, 0.15) is 54.2 Å². The van der Waals surface area contributed by atoms with Crippen LogP contribution in [0, 0.1) is 13.8 Å². The number of methoxy groups -OCH3 is 1. The summed E-state index contributed by atoms with van der Waals surface area (Å²) in [5, 5.41) is 4.60. The highest BCUT2D eigenvalue weighted by Gasteiger charge is 2.16. The Balaban J connectivity index is 0.901. The summed E-state index contributed by atoms with van der Waals surface area (Å²) in [5.74, 6) is 5.75. The molecule has 5 heterocycles. The van der Waals surface area contributed by atoms with Gasteiger partial charge in [-0.1, -0.05) is 24.3 Å². The van der Waals surface area contributed by atoms with Crippen LogP contribution in [0.4, 0.5) is 0 Å². The molecule has 7 aromatic rings. The molecule has 48 heavy (non-hydrogen) atoms. The predicted molar refractivity (Wildman–Crippen MR) is 172 cm³/mol. The van der Waals surface area contributed by atoms with E-state index in [0.29, 0.717) is 82.5 Å². The van der Waals surface area contributed by atoms with E-state index >= 15 is 0 Å². The SMILES string of the molecule is COc1cn(Cc2ccc(OCc3nc(-c4ccco4)oc3C)cc2)nc1OCc1ccc(OCc2nc(-c3ccco3)oc2C)cc1. The lowest BCUT2D eigenvalue weighted by Gasteiger charge is -2.08. The van der Waals surface area contributed by atoms with Gasteiger partial charge in [-0.3, -0.25) is 4.68 Å². The molecule has 0 atom stereocenters. The minimum absolute atomic E-state index is 0.270. The summed E-state index contributed by atoms with van der Waals surface area (Å²) in [6.07, 6.45) is 4.97. The molecular formula is C36H32N4O8. The Bertz CT molecular complexity index is 2060. The average Bonchev–Trinajstić information content (AvgIpc) is 3.95. The monoisotopic (exact) mass is 648 g/mol. The van der Waals surface area contributed by atoms with E-state index < -0.39 is 0 Å². The maximum absolute atomic E-state index is 6.02. The summed E-state index contributed by atoms with van der Waals surface area (Å²) < 4.78 is 47.3. The van der Waals surface area contributed by atoms with Crippen molar-refractivity contribution in [2.45, 2.75) is 40.2 Å². The van der Waals surface area contributed by atoms with Gasteiger partial charge in [-0.2, -0.15) is 0 Å². The molecule has 0 aliphatic carbocycles. The van der Waals surface area contributed by atoms with Crippen molar-refractivity contribution in [1.82, 2.24) is 19.7 Å². The zero-order valence-electron chi connectivity index (χ0n) is 26.5. The first-order valence-corrected chi connectivity index (χ1v) is 15.2. The fourth-order valence-corrected chi connectivity index (χ4v) is 4.86. The van der Waals surface area contributed by atoms with Crippen molar-refractivity contribution in [3.05, 3.63) is 126 Å². The lowest BCUT2D eigenvalue weighted by Crippen LogP contribution is -2.02. The van der Waals surface area contributed by atoms with Gasteiger partial charge in [0.2, 0.25) is 5.75 Å². The van der Waals surface area contributed by atoms with Crippen LogP contribution in [0.2, 0.25) is 0 Å². The van der Waals surface area contributed by atoms with Crippen LogP contribution in [-0.4, -0.2) is 26.9 Å². The number of rotatable bonds is 14. The first-order chi connectivity index (χ1) is 23.5. The van der Waals surface area contributed by atoms with Gasteiger partial charge in [0.15, 0.2) is 11.5 Å². The van der Waals surface area contributed by atoms with E-state index in [2.05, 4.69) is 15.1 Å². The number of hydrogen-bond acceptors (Lipinski definition) is 11. The van der Waals surface area contributed by atoms with E-state index in [4.69, 9.17) is 36.6 Å². The molecule has 0 spiro atoms. The number of benzene rings is 2. The topological polar surface area (TPSA) is 133 Å². The van der Waals surface area contributed by atoms with E-state index in [-0.39, 0.29) is 13.2 Å². The Kier molecular flexibility index (Phi) is 8.68. The molecule has 5 aromatic heterocycles. The van der Waals surface area contributed by atoms with Crippen LogP contribution in [0.25, 0.3) is 23.3 Å². The third-order valence-corrected chi connectivity index (χ3v) is 7.48. The summed E-state index contributed by atoms with van der Waals surface area (Å²) >= 11 is 0. The Hall–Kier alpha value is -6.17. The fourth-order valence-electron chi connectivity index (χ4n) is 4.86. The van der Waals surface area contributed by atoms with Crippen molar-refractivity contribution < 1.29 is 36.6 Å². The number of nitrogens with zero attached hydrogens (tertiary/aromatic N) is 4. The fraction of sp³-hybridized carbons (Fsp3) is 0.194. The average molecular weight is 649 g/mol. The van der Waals surface area contributed by atoms with Gasteiger partial charge in [-0.25, -0.2) is 9.97 Å². The quantitative estimate of drug-likeness (QED) is 0.114. The molecule has 0 radical (unpaired) electrons. The van der Waals surface area contributed by atoms with Crippen LogP contribution in [0.1, 0.15) is 34.0 Å². The largest absolute Gasteiger partial charge is 0.490 e. The number of aryl methyl sites for hydroxylation is 2. The van der Waals surface area contributed by atoms with Crippen LogP contribution < -0.4 is 18.9 Å². The molecule has 0 bridgehead atoms. The van der Waals surface area contributed by atoms with Gasteiger partial charge in [0.25, 0.3) is 17.7 Å². The molecule has 0 N–H and O–H groups in total. The zero-order valence-corrected chi connectivity index (χ0v) is 26.5. The van der Waals surface area contributed by atoms with Crippen molar-refractivity contribution in [2.75, 3.05) is 7.11 Å². The molecule has 0 aliphatic rings. The second-order valence-electron chi connectivity index (χ2n) is 10.9. The van der Waals surface area contributed by atoms with E-state index in [1.54, 1.807) is 48.6 Å². The first kappa shape index (κ1) is 30.5. The molecule has 12 nitrogen and oxygen atoms in total. The Morgan fingerprint density at radius 2 is 1.19 bits per heavy atom. The van der Waals surface area contributed by atoms with Gasteiger partial charge >= 0.3 is 0 Å². The normalized spacial score (nSPS) is 11.1. The number of oxazole rings is 2. The highest BCUT2D eigenvalue weighted by molar-refractivity contribution is 5.45. The van der Waals surface area contributed by atoms with E-state index in [1.807, 2.05) is 68.6 Å². The van der Waals surface area contributed by atoms with Gasteiger partial charge in [0.05, 0.1) is 32.4 Å². The van der Waals surface area contributed by atoms with Crippen LogP contribution >= 0.6 is 0 Å². The van der Waals surface area contributed by atoms with Crippen molar-refractivity contribution in [3.63, 3.8) is 0 Å². The maximum Gasteiger partial charge on any atom is 0.276 e. The van der Waals surface area contributed by atoms with Crippen molar-refractivity contribution in [1.29, 1.82) is 0 Å². The van der Waals surface area contributed by atoms with Gasteiger partial charge in [-0.15, -0.1) is 5.10 Å². The molecule has 0 fully saturated rings. The van der Waals surface area contributed by atoms with E-state index in [1.165, 1.54) is 0 Å². The molecular weight excluding hydrogens is 616 g/mol. The minimum atomic E-state index is 0.270. The number of hydrogen-bond donors (Lipinski definition) is 0. The third kappa shape index (κ3) is 6.97. The smallest absolute Gasteiger partial charge is 0.276 e. The predicted octanol–water partition coefficient (Wildman–Crippen LogP) is 7.79. The third-order valence-electron chi connectivity index (χ3n) is 7.48. The Morgan fingerprint density at radius 3 is 1.69 bits per heavy atom. The maximum atomic E-state index is 6.02. The first-order valence-electron chi connectivity index (χ1n) is 15.2. The molecule has 12 heteroatoms. The molecule has 7 rings (SSSR count). The highest BCUT2D eigenvalue weighted by Crippen LogP contribution is 2.28. The van der Waals surface area contributed by atoms with Gasteiger partial charge in [-0.05, 0) is 73.5 Å². The van der Waals surface area contributed by atoms with Crippen LogP contribution in [-0.2, 0) is 26.4 Å². The van der Waals surface area contributed by atoms with Gasteiger partial charge in [0, 0.05) is 0 Å². The number of furan rings is 2. The van der Waals surface area contributed by atoms with Crippen molar-refractivity contribution in [2.24, 2.45) is 0 Å². The summed E-state index contributed by atoms with van der Waals surface area (Å²) in [5.41, 5.74) is 3.40. The highest BCUT2D eigenvalue weighted by atomic mass is 16.5. The number of ether oxygens (including phenoxy) is 4. The van der Waals surface area contributed by atoms with Crippen LogP contribution in [0.15, 0.2) is 109 Å². The Labute approximate surface area is 275 Å². The second-order valence-corrected chi connectivity index (χ2v) is 10.9. The summed E-state index contributed by atoms with van der Waals surface area (Å²) in [6, 6.07) is 22.6. The summed E-state index contributed by atoms with van der Waals surface area (Å²) in [4.78, 5) is 8.98. The minimum Gasteiger partial charge on any atom is -0.490 e. The molecule has 2 aromatic carbocycles. The number of aromatic nitrogens is 4. The van der Waals surface area contributed by atoms with Crippen LogP contribution in [0.5, 0.6) is 23.1 Å². The van der Waals surface area contributed by atoms with Gasteiger partial charge < -0.3 is 36.6 Å². The standard InChI is InChI=1S/C36H32N4O8/c1-23-29(37-34(47-23)31-6-4-16-42-31)21-44-27-12-8-25(9-13-27)18-40-19-33(41-3)36(39-40)46-20-26-10-14-28(15-11-26)45-22-30-24(2)48-35(38-30)32-7-5-17-43-32/h4-17,19H,18,20-22H2,1-3H3. The lowest BCUT2D eigenvalue weighted by molar-refractivity contribution is 0.272. The molecule has 0 amide bonds. The van der Waals surface area contributed by atoms with Crippen molar-refractivity contribution in [3.8, 4) is 46.4 Å². The summed E-state index contributed by atoms with van der Waals surface area (Å²) in [7, 11) is 1.59. The lowest BCUT2D eigenvalue weighted by atomic mass is 10.2. The van der Waals surface area contributed by atoms with E-state index in [0.717, 1.165) is 11.1 Å².